The number of ketones is 1. The fourth-order valence-electron chi connectivity index (χ4n) is 4.43. The summed E-state index contributed by atoms with van der Waals surface area (Å²) in [6, 6.07) is 11.5. The molecule has 0 bridgehead atoms. The highest BCUT2D eigenvalue weighted by Gasteiger charge is 2.33. The summed E-state index contributed by atoms with van der Waals surface area (Å²) < 4.78 is 25.4. The molecule has 8 heteroatoms. The van der Waals surface area contributed by atoms with Crippen LogP contribution in [0.4, 0.5) is 4.39 Å². The first-order chi connectivity index (χ1) is 17.1. The average molecular weight is 495 g/mol. The highest BCUT2D eigenvalue weighted by Crippen LogP contribution is 2.27. The van der Waals surface area contributed by atoms with Crippen molar-refractivity contribution in [1.29, 1.82) is 0 Å². The van der Waals surface area contributed by atoms with Crippen molar-refractivity contribution in [2.75, 3.05) is 14.2 Å². The zero-order valence-electron chi connectivity index (χ0n) is 21.4. The van der Waals surface area contributed by atoms with Crippen molar-refractivity contribution >= 4 is 17.7 Å². The fraction of sp³-hybridized carbons (Fsp3) is 0.321. The molecular weight excluding hydrogens is 463 g/mol. The van der Waals surface area contributed by atoms with Gasteiger partial charge in [0.05, 0.1) is 20.3 Å². The van der Waals surface area contributed by atoms with Gasteiger partial charge in [0.25, 0.3) is 5.91 Å². The van der Waals surface area contributed by atoms with Gasteiger partial charge in [0, 0.05) is 29.9 Å². The Morgan fingerprint density at radius 3 is 2.14 bits per heavy atom. The second-order valence-corrected chi connectivity index (χ2v) is 8.50. The molecule has 3 rings (SSSR count). The van der Waals surface area contributed by atoms with E-state index in [1.165, 1.54) is 31.3 Å². The second-order valence-electron chi connectivity index (χ2n) is 8.50. The molecule has 36 heavy (non-hydrogen) atoms. The predicted octanol–water partition coefficient (Wildman–Crippen LogP) is 4.97. The van der Waals surface area contributed by atoms with Gasteiger partial charge in [-0.25, -0.2) is 9.18 Å². The number of nitrogens with zero attached hydrogens (tertiary/aromatic N) is 2. The molecule has 0 saturated carbocycles. The molecule has 1 heterocycles. The molecular formula is C28H31FN2O5. The Morgan fingerprint density at radius 2 is 1.61 bits per heavy atom. The minimum atomic E-state index is -0.875. The van der Waals surface area contributed by atoms with E-state index < -0.39 is 17.8 Å². The van der Waals surface area contributed by atoms with Gasteiger partial charge in [0.2, 0.25) is 0 Å². The van der Waals surface area contributed by atoms with Gasteiger partial charge in [0.15, 0.2) is 5.78 Å². The number of rotatable bonds is 9. The van der Waals surface area contributed by atoms with Gasteiger partial charge in [-0.3, -0.25) is 9.59 Å². The number of esters is 1. The molecule has 0 aliphatic heterocycles. The molecule has 0 aliphatic carbocycles. The van der Waals surface area contributed by atoms with Crippen LogP contribution < -0.4 is 4.74 Å². The molecule has 0 unspecified atom stereocenters. The van der Waals surface area contributed by atoms with Crippen molar-refractivity contribution in [3.8, 4) is 5.75 Å². The minimum absolute atomic E-state index is 0.0918. The lowest BCUT2D eigenvalue weighted by atomic mass is 9.98. The lowest BCUT2D eigenvalue weighted by molar-refractivity contribution is 0.0586. The Morgan fingerprint density at radius 1 is 1.00 bits per heavy atom. The van der Waals surface area contributed by atoms with Gasteiger partial charge in [-0.05, 0) is 75.2 Å². The summed E-state index contributed by atoms with van der Waals surface area (Å²) in [5.74, 6) is -0.976. The van der Waals surface area contributed by atoms with Gasteiger partial charge >= 0.3 is 5.97 Å². The van der Waals surface area contributed by atoms with Crippen LogP contribution in [0, 0.1) is 19.7 Å². The number of carbonyl (C=O) groups excluding carboxylic acids is 3. The van der Waals surface area contributed by atoms with Crippen LogP contribution in [0.3, 0.4) is 0 Å². The van der Waals surface area contributed by atoms with Crippen LogP contribution in [0.15, 0.2) is 48.5 Å². The molecule has 7 nitrogen and oxygen atoms in total. The maximum atomic E-state index is 13.9. The summed E-state index contributed by atoms with van der Waals surface area (Å²) >= 11 is 0. The average Bonchev–Trinajstić information content (AvgIpc) is 3.15. The fourth-order valence-corrected chi connectivity index (χ4v) is 4.43. The molecule has 1 amide bonds. The van der Waals surface area contributed by atoms with E-state index in [1.54, 1.807) is 61.7 Å². The van der Waals surface area contributed by atoms with Crippen LogP contribution in [-0.4, -0.2) is 47.4 Å². The molecule has 0 saturated heterocycles. The number of hydrogen-bond donors (Lipinski definition) is 0. The van der Waals surface area contributed by atoms with Gasteiger partial charge in [0.1, 0.15) is 17.3 Å². The number of hydrogen-bond acceptors (Lipinski definition) is 5. The number of halogens is 1. The van der Waals surface area contributed by atoms with E-state index in [0.29, 0.717) is 45.9 Å². The van der Waals surface area contributed by atoms with Gasteiger partial charge < -0.3 is 18.9 Å². The molecule has 0 spiro atoms. The number of benzene rings is 2. The highest BCUT2D eigenvalue weighted by atomic mass is 19.1. The van der Waals surface area contributed by atoms with Crippen LogP contribution >= 0.6 is 0 Å². The van der Waals surface area contributed by atoms with Crippen molar-refractivity contribution in [2.45, 2.75) is 46.8 Å². The SMILES string of the molecule is CCn1c(C)c(C(=O)[C@H](C)N(Cc2ccc(F)cc2)C(=O)c2ccc(OC)cc2)c(C)c1C(=O)OC. The Labute approximate surface area is 210 Å². The van der Waals surface area contributed by atoms with Crippen LogP contribution in [-0.2, 0) is 17.8 Å². The topological polar surface area (TPSA) is 77.8 Å². The monoisotopic (exact) mass is 494 g/mol. The van der Waals surface area contributed by atoms with E-state index >= 15 is 0 Å². The van der Waals surface area contributed by atoms with Crippen LogP contribution in [0.25, 0.3) is 0 Å². The molecule has 0 radical (unpaired) electrons. The van der Waals surface area contributed by atoms with Crippen LogP contribution in [0.5, 0.6) is 5.75 Å². The first-order valence-corrected chi connectivity index (χ1v) is 11.7. The predicted molar refractivity (Wildman–Crippen MR) is 134 cm³/mol. The molecule has 2 aromatic carbocycles. The smallest absolute Gasteiger partial charge is 0.354 e. The summed E-state index contributed by atoms with van der Waals surface area (Å²) in [5, 5.41) is 0. The number of amides is 1. The standard InChI is InChI=1S/C28H31FN2O5/c1-7-30-18(3)24(17(2)25(30)28(34)36-6)26(32)19(4)31(16-20-8-12-22(29)13-9-20)27(33)21-10-14-23(35-5)15-11-21/h8-15,19H,7,16H2,1-6H3/t19-/m0/s1. The van der Waals surface area contributed by atoms with E-state index in [2.05, 4.69) is 0 Å². The molecule has 3 aromatic rings. The number of methoxy groups -OCH3 is 2. The Hall–Kier alpha value is -3.94. The van der Waals surface area contributed by atoms with Gasteiger partial charge in [-0.1, -0.05) is 12.1 Å². The van der Waals surface area contributed by atoms with E-state index in [9.17, 15) is 18.8 Å². The molecule has 0 N–H and O–H groups in total. The summed E-state index contributed by atoms with van der Waals surface area (Å²) in [4.78, 5) is 41.4. The van der Waals surface area contributed by atoms with Crippen molar-refractivity contribution in [3.63, 3.8) is 0 Å². The minimum Gasteiger partial charge on any atom is -0.497 e. The molecule has 190 valence electrons. The number of carbonyl (C=O) groups is 3. The van der Waals surface area contributed by atoms with E-state index in [0.717, 1.165) is 0 Å². The lowest BCUT2D eigenvalue weighted by Crippen LogP contribution is -2.43. The first kappa shape index (κ1) is 26.7. The van der Waals surface area contributed by atoms with Crippen molar-refractivity contribution in [1.82, 2.24) is 9.47 Å². The largest absolute Gasteiger partial charge is 0.497 e. The van der Waals surface area contributed by atoms with E-state index in [1.807, 2.05) is 6.92 Å². The zero-order chi connectivity index (χ0) is 26.6. The maximum absolute atomic E-state index is 13.9. The van der Waals surface area contributed by atoms with Crippen molar-refractivity contribution < 1.29 is 28.2 Å². The third-order valence-corrected chi connectivity index (χ3v) is 6.42. The third kappa shape index (κ3) is 5.17. The first-order valence-electron chi connectivity index (χ1n) is 11.7. The molecule has 1 aromatic heterocycles. The highest BCUT2D eigenvalue weighted by molar-refractivity contribution is 6.07. The number of Topliss-reactive ketones (excluding diaryl/α,β-unsaturated/α-hetero) is 1. The number of aromatic nitrogens is 1. The quantitative estimate of drug-likeness (QED) is 0.310. The summed E-state index contributed by atoms with van der Waals surface area (Å²) in [6.07, 6.45) is 0. The van der Waals surface area contributed by atoms with E-state index in [4.69, 9.17) is 9.47 Å². The van der Waals surface area contributed by atoms with Crippen molar-refractivity contribution in [2.24, 2.45) is 0 Å². The summed E-state index contributed by atoms with van der Waals surface area (Å²) in [5.41, 5.74) is 2.90. The third-order valence-electron chi connectivity index (χ3n) is 6.42. The molecule has 1 atom stereocenters. The summed E-state index contributed by atoms with van der Waals surface area (Å²) in [6.45, 7) is 7.59. The van der Waals surface area contributed by atoms with Crippen molar-refractivity contribution in [3.05, 3.63) is 88.0 Å². The molecule has 0 aliphatic rings. The van der Waals surface area contributed by atoms with E-state index in [-0.39, 0.29) is 18.2 Å². The van der Waals surface area contributed by atoms with Gasteiger partial charge in [-0.15, -0.1) is 0 Å². The zero-order valence-corrected chi connectivity index (χ0v) is 21.4. The number of ether oxygens (including phenoxy) is 2. The Bertz CT molecular complexity index is 1260. The Kier molecular flexibility index (Phi) is 8.29. The summed E-state index contributed by atoms with van der Waals surface area (Å²) in [7, 11) is 2.83. The van der Waals surface area contributed by atoms with Crippen LogP contribution in [0.2, 0.25) is 0 Å². The van der Waals surface area contributed by atoms with Gasteiger partial charge in [-0.2, -0.15) is 0 Å². The molecule has 0 fully saturated rings. The second kappa shape index (κ2) is 11.2. The normalized spacial score (nSPS) is 11.6. The van der Waals surface area contributed by atoms with Crippen LogP contribution in [0.1, 0.15) is 61.9 Å². The lowest BCUT2D eigenvalue weighted by Gasteiger charge is -2.29. The Balaban J connectivity index is 2.05. The maximum Gasteiger partial charge on any atom is 0.354 e.